The third-order valence-corrected chi connectivity index (χ3v) is 6.29. The molecule has 0 fully saturated rings. The van der Waals surface area contributed by atoms with Crippen LogP contribution in [0.25, 0.3) is 0 Å². The maximum absolute atomic E-state index is 13.5. The second-order valence-electron chi connectivity index (χ2n) is 8.14. The van der Waals surface area contributed by atoms with Crippen molar-refractivity contribution in [2.24, 2.45) is 0 Å². The van der Waals surface area contributed by atoms with Crippen LogP contribution in [0.3, 0.4) is 0 Å². The smallest absolute Gasteiger partial charge is 0.228 e. The molecule has 2 heterocycles. The number of methoxy groups -OCH3 is 2. The van der Waals surface area contributed by atoms with E-state index in [2.05, 4.69) is 6.92 Å². The quantitative estimate of drug-likeness (QED) is 0.706. The molecule has 3 aliphatic rings. The third-order valence-electron chi connectivity index (χ3n) is 6.29. The van der Waals surface area contributed by atoms with Gasteiger partial charge in [0.2, 0.25) is 11.6 Å². The first-order valence-electron chi connectivity index (χ1n) is 10.6. The van der Waals surface area contributed by atoms with Crippen LogP contribution in [0.5, 0.6) is 11.5 Å². The highest BCUT2D eigenvalue weighted by molar-refractivity contribution is 6.26. The first-order valence-corrected chi connectivity index (χ1v) is 10.6. The van der Waals surface area contributed by atoms with Crippen LogP contribution in [0.2, 0.25) is 0 Å². The van der Waals surface area contributed by atoms with E-state index in [1.807, 2.05) is 12.1 Å². The van der Waals surface area contributed by atoms with Crippen LogP contribution in [0, 0.1) is 0 Å². The van der Waals surface area contributed by atoms with Crippen LogP contribution in [0.15, 0.2) is 47.7 Å². The van der Waals surface area contributed by atoms with Gasteiger partial charge in [0.15, 0.2) is 23.0 Å². The molecule has 2 bridgehead atoms. The second-order valence-corrected chi connectivity index (χ2v) is 8.14. The maximum atomic E-state index is 13.5. The van der Waals surface area contributed by atoms with E-state index in [1.165, 1.54) is 0 Å². The van der Waals surface area contributed by atoms with Crippen molar-refractivity contribution in [2.75, 3.05) is 14.2 Å². The molecule has 0 amide bonds. The zero-order valence-electron chi connectivity index (χ0n) is 17.8. The van der Waals surface area contributed by atoms with Gasteiger partial charge in [0.05, 0.1) is 19.8 Å². The zero-order chi connectivity index (χ0) is 21.8. The lowest BCUT2D eigenvalue weighted by Gasteiger charge is -2.47. The fraction of sp³-hybridized carbons (Fsp3) is 0.360. The van der Waals surface area contributed by atoms with E-state index in [0.717, 1.165) is 24.0 Å². The summed E-state index contributed by atoms with van der Waals surface area (Å²) in [4.78, 5) is 26.8. The molecule has 0 saturated carbocycles. The van der Waals surface area contributed by atoms with Crippen LogP contribution in [0.4, 0.5) is 0 Å². The first kappa shape index (κ1) is 19.8. The molecular weight excluding hydrogens is 396 g/mol. The minimum Gasteiger partial charge on any atom is -0.493 e. The van der Waals surface area contributed by atoms with Crippen molar-refractivity contribution in [2.45, 2.75) is 44.5 Å². The summed E-state index contributed by atoms with van der Waals surface area (Å²) >= 11 is 0. The molecule has 2 aromatic rings. The molecule has 1 aliphatic carbocycles. The second kappa shape index (κ2) is 7.24. The molecule has 2 aliphatic heterocycles. The summed E-state index contributed by atoms with van der Waals surface area (Å²) in [6, 6.07) is 10.6. The SMILES string of the molecule is CCCC[C@]12Cc3cc(OC)c(OC)cc3[C@H](O1)C1=C(O2)C(=O)c2ccccc2C1=O. The Morgan fingerprint density at radius 1 is 1.03 bits per heavy atom. The molecule has 5 rings (SSSR count). The van der Waals surface area contributed by atoms with E-state index < -0.39 is 11.9 Å². The zero-order valence-corrected chi connectivity index (χ0v) is 17.8. The molecular formula is C25H24O6. The summed E-state index contributed by atoms with van der Waals surface area (Å²) in [6.45, 7) is 2.10. The Morgan fingerprint density at radius 3 is 2.39 bits per heavy atom. The van der Waals surface area contributed by atoms with Crippen molar-refractivity contribution in [1.29, 1.82) is 0 Å². The standard InChI is InChI=1S/C25H24O6/c1-4-5-10-25-13-14-11-18(28-2)19(29-3)12-17(14)23(30-25)20-21(26)15-8-6-7-9-16(15)22(27)24(20)31-25/h6-9,11-12,23H,4-5,10,13H2,1-3H3/t23-,25-/m0/s1. The van der Waals surface area contributed by atoms with Crippen molar-refractivity contribution < 1.29 is 28.5 Å². The highest BCUT2D eigenvalue weighted by atomic mass is 16.7. The van der Waals surface area contributed by atoms with Gasteiger partial charge in [-0.1, -0.05) is 37.6 Å². The Kier molecular flexibility index (Phi) is 4.63. The van der Waals surface area contributed by atoms with Crippen molar-refractivity contribution in [3.05, 3.63) is 70.0 Å². The van der Waals surface area contributed by atoms with E-state index in [1.54, 1.807) is 38.5 Å². The predicted octanol–water partition coefficient (Wildman–Crippen LogP) is 4.57. The van der Waals surface area contributed by atoms with Gasteiger partial charge in [-0.25, -0.2) is 0 Å². The number of Topliss-reactive ketones (excluding diaryl/α,β-unsaturated/α-hetero) is 2. The van der Waals surface area contributed by atoms with Crippen LogP contribution >= 0.6 is 0 Å². The van der Waals surface area contributed by atoms with E-state index in [4.69, 9.17) is 18.9 Å². The molecule has 0 saturated heterocycles. The number of carbonyl (C=O) groups excluding carboxylic acids is 2. The van der Waals surface area contributed by atoms with Gasteiger partial charge in [0, 0.05) is 24.0 Å². The van der Waals surface area contributed by atoms with Crippen molar-refractivity contribution in [1.82, 2.24) is 0 Å². The van der Waals surface area contributed by atoms with Crippen molar-refractivity contribution in [3.63, 3.8) is 0 Å². The van der Waals surface area contributed by atoms with Gasteiger partial charge >= 0.3 is 0 Å². The third kappa shape index (κ3) is 2.89. The normalized spacial score (nSPS) is 23.5. The number of carbonyl (C=O) groups is 2. The fourth-order valence-electron chi connectivity index (χ4n) is 4.76. The molecule has 0 radical (unpaired) electrons. The molecule has 160 valence electrons. The number of fused-ring (bicyclic) bond motifs is 6. The lowest BCUT2D eigenvalue weighted by Crippen LogP contribution is -2.49. The summed E-state index contributed by atoms with van der Waals surface area (Å²) in [5.41, 5.74) is 2.80. The molecule has 0 aromatic heterocycles. The number of benzene rings is 2. The van der Waals surface area contributed by atoms with Gasteiger partial charge in [-0.3, -0.25) is 9.59 Å². The van der Waals surface area contributed by atoms with Crippen LogP contribution < -0.4 is 9.47 Å². The maximum Gasteiger partial charge on any atom is 0.228 e. The lowest BCUT2D eigenvalue weighted by molar-refractivity contribution is -0.258. The van der Waals surface area contributed by atoms with Crippen molar-refractivity contribution in [3.8, 4) is 11.5 Å². The molecule has 0 unspecified atom stereocenters. The van der Waals surface area contributed by atoms with Gasteiger partial charge in [-0.05, 0) is 29.7 Å². The van der Waals surface area contributed by atoms with Gasteiger partial charge in [0.25, 0.3) is 0 Å². The Bertz CT molecular complexity index is 1130. The number of unbranched alkanes of at least 4 members (excludes halogenated alkanes) is 1. The van der Waals surface area contributed by atoms with Gasteiger partial charge in [-0.15, -0.1) is 0 Å². The average Bonchev–Trinajstić information content (AvgIpc) is 2.80. The van der Waals surface area contributed by atoms with E-state index in [0.29, 0.717) is 35.5 Å². The Balaban J connectivity index is 1.72. The molecule has 0 N–H and O–H groups in total. The number of ketones is 2. The lowest BCUT2D eigenvalue weighted by atomic mass is 9.78. The Labute approximate surface area is 180 Å². The van der Waals surface area contributed by atoms with Gasteiger partial charge in [0.1, 0.15) is 6.10 Å². The van der Waals surface area contributed by atoms with E-state index >= 15 is 0 Å². The molecule has 6 nitrogen and oxygen atoms in total. The summed E-state index contributed by atoms with van der Waals surface area (Å²) in [5.74, 6) is -0.206. The summed E-state index contributed by atoms with van der Waals surface area (Å²) in [5, 5.41) is 0. The van der Waals surface area contributed by atoms with E-state index in [-0.39, 0.29) is 22.9 Å². The van der Waals surface area contributed by atoms with Crippen LogP contribution in [-0.2, 0) is 15.9 Å². The molecule has 31 heavy (non-hydrogen) atoms. The molecule has 2 aromatic carbocycles. The summed E-state index contributed by atoms with van der Waals surface area (Å²) in [6.07, 6.45) is 2.21. The van der Waals surface area contributed by atoms with Crippen molar-refractivity contribution >= 4 is 11.6 Å². The fourth-order valence-corrected chi connectivity index (χ4v) is 4.76. The van der Waals surface area contributed by atoms with Gasteiger partial charge in [-0.2, -0.15) is 0 Å². The van der Waals surface area contributed by atoms with E-state index in [9.17, 15) is 9.59 Å². The Hall–Kier alpha value is -3.12. The predicted molar refractivity (Wildman–Crippen MR) is 113 cm³/mol. The first-order chi connectivity index (χ1) is 15.0. The number of hydrogen-bond donors (Lipinski definition) is 0. The number of ether oxygens (including phenoxy) is 4. The molecule has 2 atom stereocenters. The molecule has 0 spiro atoms. The number of rotatable bonds is 5. The average molecular weight is 420 g/mol. The highest BCUT2D eigenvalue weighted by Crippen LogP contribution is 2.52. The largest absolute Gasteiger partial charge is 0.493 e. The monoisotopic (exact) mass is 420 g/mol. The number of allylic oxidation sites excluding steroid dienone is 1. The Morgan fingerprint density at radius 2 is 1.71 bits per heavy atom. The molecule has 6 heteroatoms. The minimum atomic E-state index is -0.992. The number of hydrogen-bond acceptors (Lipinski definition) is 6. The van der Waals surface area contributed by atoms with Gasteiger partial charge < -0.3 is 18.9 Å². The topological polar surface area (TPSA) is 71.1 Å². The summed E-state index contributed by atoms with van der Waals surface area (Å²) < 4.78 is 23.7. The minimum absolute atomic E-state index is 0.122. The summed E-state index contributed by atoms with van der Waals surface area (Å²) in [7, 11) is 3.16. The van der Waals surface area contributed by atoms with Crippen LogP contribution in [-0.4, -0.2) is 31.6 Å². The highest BCUT2D eigenvalue weighted by Gasteiger charge is 2.53. The van der Waals surface area contributed by atoms with Crippen LogP contribution in [0.1, 0.15) is 64.1 Å².